The zero-order chi connectivity index (χ0) is 16.4. The van der Waals surface area contributed by atoms with Crippen molar-refractivity contribution in [2.24, 2.45) is 5.92 Å². The molecule has 0 radical (unpaired) electrons. The Bertz CT molecular complexity index is 789. The van der Waals surface area contributed by atoms with E-state index in [2.05, 4.69) is 35.2 Å². The molecule has 0 aliphatic rings. The van der Waals surface area contributed by atoms with Crippen LogP contribution in [0.4, 0.5) is 6.01 Å². The molecule has 0 fully saturated rings. The van der Waals surface area contributed by atoms with Gasteiger partial charge in [-0.15, -0.1) is 0 Å². The van der Waals surface area contributed by atoms with Crippen LogP contribution in [0, 0.1) is 5.92 Å². The Hall–Kier alpha value is -2.43. The maximum atomic E-state index is 10.1. The topological polar surface area (TPSA) is 74.1 Å². The van der Waals surface area contributed by atoms with Crippen molar-refractivity contribution in [3.05, 3.63) is 41.8 Å². The van der Waals surface area contributed by atoms with Crippen LogP contribution in [0.15, 0.2) is 34.9 Å². The van der Waals surface area contributed by atoms with Crippen molar-refractivity contribution in [2.75, 3.05) is 11.9 Å². The molecule has 23 heavy (non-hydrogen) atoms. The number of anilines is 1. The normalized spacial score (nSPS) is 12.9. The Balaban J connectivity index is 1.82. The zero-order valence-electron chi connectivity index (χ0n) is 13.8. The van der Waals surface area contributed by atoms with Crippen molar-refractivity contribution >= 4 is 16.9 Å². The largest absolute Gasteiger partial charge is 0.491 e. The van der Waals surface area contributed by atoms with Gasteiger partial charge >= 0.3 is 0 Å². The lowest BCUT2D eigenvalue weighted by Crippen LogP contribution is -2.04. The van der Waals surface area contributed by atoms with E-state index in [1.165, 1.54) is 0 Å². The van der Waals surface area contributed by atoms with Crippen LogP contribution in [-0.2, 0) is 0 Å². The molecule has 5 heteroatoms. The van der Waals surface area contributed by atoms with Gasteiger partial charge < -0.3 is 19.8 Å². The summed E-state index contributed by atoms with van der Waals surface area (Å²) in [6, 6.07) is 8.48. The van der Waals surface area contributed by atoms with Crippen LogP contribution in [0.25, 0.3) is 10.9 Å². The minimum absolute atomic E-state index is 0.0465. The third kappa shape index (κ3) is 3.18. The number of nitrogens with one attached hydrogen (secondary N) is 2. The molecular weight excluding hydrogens is 290 g/mol. The standard InChI is InChI=1S/C18H23N3O2/c1-11(2)8-9-19-18-21-17(22)16(23-18)12(3)14-10-20-15-7-5-4-6-13(14)15/h4-7,10-12,20,22H,8-9H2,1-3H3,(H,19,21)/t12-/m1/s1. The van der Waals surface area contributed by atoms with Crippen LogP contribution in [-0.4, -0.2) is 21.6 Å². The highest BCUT2D eigenvalue weighted by Crippen LogP contribution is 2.36. The van der Waals surface area contributed by atoms with Crippen molar-refractivity contribution in [1.29, 1.82) is 0 Å². The number of para-hydroxylation sites is 1. The average molecular weight is 313 g/mol. The van der Waals surface area contributed by atoms with Crippen molar-refractivity contribution in [2.45, 2.75) is 33.1 Å². The summed E-state index contributed by atoms with van der Waals surface area (Å²) in [5.41, 5.74) is 2.16. The van der Waals surface area contributed by atoms with Gasteiger partial charge in [0.15, 0.2) is 5.76 Å². The first kappa shape index (κ1) is 15.5. The summed E-state index contributed by atoms with van der Waals surface area (Å²) >= 11 is 0. The molecule has 3 rings (SSSR count). The predicted molar refractivity (Wildman–Crippen MR) is 91.9 cm³/mol. The van der Waals surface area contributed by atoms with E-state index in [-0.39, 0.29) is 11.8 Å². The summed E-state index contributed by atoms with van der Waals surface area (Å²) in [6.45, 7) is 7.12. The van der Waals surface area contributed by atoms with Crippen LogP contribution in [0.3, 0.4) is 0 Å². The van der Waals surface area contributed by atoms with Gasteiger partial charge in [-0.3, -0.25) is 0 Å². The molecule has 1 aromatic carbocycles. The van der Waals surface area contributed by atoms with Gasteiger partial charge in [0.1, 0.15) is 0 Å². The molecule has 122 valence electrons. The van der Waals surface area contributed by atoms with Gasteiger partial charge in [0.25, 0.3) is 11.9 Å². The lowest BCUT2D eigenvalue weighted by atomic mass is 9.98. The van der Waals surface area contributed by atoms with Crippen molar-refractivity contribution in [3.8, 4) is 5.88 Å². The summed E-state index contributed by atoms with van der Waals surface area (Å²) in [5, 5.41) is 14.4. The number of hydrogen-bond donors (Lipinski definition) is 3. The zero-order valence-corrected chi connectivity index (χ0v) is 13.8. The lowest BCUT2D eigenvalue weighted by molar-refractivity contribution is 0.421. The Morgan fingerprint density at radius 3 is 2.83 bits per heavy atom. The van der Waals surface area contributed by atoms with E-state index >= 15 is 0 Å². The number of aromatic amines is 1. The van der Waals surface area contributed by atoms with Crippen LogP contribution in [0.5, 0.6) is 5.88 Å². The van der Waals surface area contributed by atoms with E-state index in [1.54, 1.807) is 0 Å². The average Bonchev–Trinajstić information content (AvgIpc) is 3.10. The van der Waals surface area contributed by atoms with Gasteiger partial charge in [0.2, 0.25) is 0 Å². The number of aromatic nitrogens is 2. The molecule has 3 aromatic rings. The summed E-state index contributed by atoms with van der Waals surface area (Å²) in [5.74, 6) is 0.964. The van der Waals surface area contributed by atoms with Crippen molar-refractivity contribution in [1.82, 2.24) is 9.97 Å². The number of aromatic hydroxyl groups is 1. The Morgan fingerprint density at radius 2 is 2.04 bits per heavy atom. The number of oxazole rings is 1. The second kappa shape index (κ2) is 6.36. The van der Waals surface area contributed by atoms with E-state index in [0.717, 1.165) is 29.4 Å². The van der Waals surface area contributed by atoms with Crippen LogP contribution in [0.1, 0.15) is 44.4 Å². The monoisotopic (exact) mass is 313 g/mol. The number of rotatable bonds is 6. The first-order chi connectivity index (χ1) is 11.1. The number of benzene rings is 1. The van der Waals surface area contributed by atoms with E-state index in [0.29, 0.717) is 17.7 Å². The first-order valence-electron chi connectivity index (χ1n) is 8.05. The molecule has 5 nitrogen and oxygen atoms in total. The van der Waals surface area contributed by atoms with Gasteiger partial charge in [0, 0.05) is 29.6 Å². The highest BCUT2D eigenvalue weighted by molar-refractivity contribution is 5.84. The van der Waals surface area contributed by atoms with Crippen LogP contribution in [0.2, 0.25) is 0 Å². The smallest absolute Gasteiger partial charge is 0.298 e. The quantitative estimate of drug-likeness (QED) is 0.627. The molecule has 0 unspecified atom stereocenters. The number of nitrogens with zero attached hydrogens (tertiary/aromatic N) is 1. The second-order valence-electron chi connectivity index (χ2n) is 6.33. The number of fused-ring (bicyclic) bond motifs is 1. The Kier molecular flexibility index (Phi) is 4.28. The van der Waals surface area contributed by atoms with Gasteiger partial charge in [0.05, 0.1) is 0 Å². The summed E-state index contributed by atoms with van der Waals surface area (Å²) in [6.07, 6.45) is 2.99. The fourth-order valence-electron chi connectivity index (χ4n) is 2.74. The van der Waals surface area contributed by atoms with Crippen molar-refractivity contribution < 1.29 is 9.52 Å². The molecule has 0 saturated heterocycles. The minimum Gasteiger partial charge on any atom is -0.491 e. The molecular formula is C18H23N3O2. The molecule has 0 aliphatic carbocycles. The Labute approximate surface area is 135 Å². The minimum atomic E-state index is -0.0840. The highest BCUT2D eigenvalue weighted by atomic mass is 16.4. The number of hydrogen-bond acceptors (Lipinski definition) is 4. The Morgan fingerprint density at radius 1 is 1.26 bits per heavy atom. The maximum Gasteiger partial charge on any atom is 0.298 e. The molecule has 3 N–H and O–H groups in total. The van der Waals surface area contributed by atoms with Gasteiger partial charge in [-0.1, -0.05) is 39.0 Å². The summed E-state index contributed by atoms with van der Waals surface area (Å²) < 4.78 is 5.74. The van der Waals surface area contributed by atoms with Crippen molar-refractivity contribution in [3.63, 3.8) is 0 Å². The molecule has 1 atom stereocenters. The summed E-state index contributed by atoms with van der Waals surface area (Å²) in [7, 11) is 0. The number of H-pyrrole nitrogens is 1. The van der Waals surface area contributed by atoms with Gasteiger partial charge in [-0.05, 0) is 24.0 Å². The van der Waals surface area contributed by atoms with E-state index in [4.69, 9.17) is 4.42 Å². The molecule has 2 heterocycles. The van der Waals surface area contributed by atoms with E-state index < -0.39 is 0 Å². The molecule has 0 saturated carbocycles. The van der Waals surface area contributed by atoms with Crippen LogP contribution >= 0.6 is 0 Å². The lowest BCUT2D eigenvalue weighted by Gasteiger charge is -2.07. The molecule has 0 amide bonds. The van der Waals surface area contributed by atoms with E-state index in [1.807, 2.05) is 31.3 Å². The van der Waals surface area contributed by atoms with E-state index in [9.17, 15) is 5.11 Å². The predicted octanol–water partition coefficient (Wildman–Crippen LogP) is 4.47. The van der Waals surface area contributed by atoms with Gasteiger partial charge in [-0.25, -0.2) is 0 Å². The fourth-order valence-corrected chi connectivity index (χ4v) is 2.74. The molecule has 2 aromatic heterocycles. The summed E-state index contributed by atoms with van der Waals surface area (Å²) in [4.78, 5) is 7.34. The SMILES string of the molecule is CC(C)CCNc1nc(O)c([C@H](C)c2c[nH]c3ccccc23)o1. The maximum absolute atomic E-state index is 10.1. The molecule has 0 aliphatic heterocycles. The third-order valence-corrected chi connectivity index (χ3v) is 4.11. The highest BCUT2D eigenvalue weighted by Gasteiger charge is 2.22. The molecule has 0 bridgehead atoms. The molecule has 0 spiro atoms. The van der Waals surface area contributed by atoms with Gasteiger partial charge in [-0.2, -0.15) is 4.98 Å². The first-order valence-corrected chi connectivity index (χ1v) is 8.05. The fraction of sp³-hybridized carbons (Fsp3) is 0.389. The second-order valence-corrected chi connectivity index (χ2v) is 6.33. The van der Waals surface area contributed by atoms with Crippen LogP contribution < -0.4 is 5.32 Å². The third-order valence-electron chi connectivity index (χ3n) is 4.11.